The molecule has 32 heavy (non-hydrogen) atoms. The van der Waals surface area contributed by atoms with Crippen LogP contribution in [-0.4, -0.2) is 48.2 Å². The van der Waals surface area contributed by atoms with Gasteiger partial charge < -0.3 is 9.47 Å². The molecule has 0 amide bonds. The van der Waals surface area contributed by atoms with Crippen molar-refractivity contribution in [1.82, 2.24) is 4.31 Å². The van der Waals surface area contributed by atoms with Gasteiger partial charge in [0, 0.05) is 12.1 Å². The van der Waals surface area contributed by atoms with Crippen molar-refractivity contribution in [3.8, 4) is 0 Å². The van der Waals surface area contributed by atoms with Gasteiger partial charge in [0.15, 0.2) is 0 Å². The van der Waals surface area contributed by atoms with E-state index in [0.29, 0.717) is 31.0 Å². The molecular formula is C26H47NO4S. The van der Waals surface area contributed by atoms with Crippen molar-refractivity contribution in [3.05, 3.63) is 30.3 Å². The number of benzene rings is 1. The van der Waals surface area contributed by atoms with Gasteiger partial charge in [-0.3, -0.25) is 0 Å². The molecule has 0 spiro atoms. The van der Waals surface area contributed by atoms with Crippen molar-refractivity contribution in [1.29, 1.82) is 0 Å². The molecule has 0 bridgehead atoms. The average molecular weight is 470 g/mol. The van der Waals surface area contributed by atoms with Gasteiger partial charge in [0.2, 0.25) is 10.0 Å². The molecule has 0 heterocycles. The molecule has 0 fully saturated rings. The van der Waals surface area contributed by atoms with Gasteiger partial charge in [-0.2, -0.15) is 4.31 Å². The third-order valence-electron chi connectivity index (χ3n) is 6.74. The average Bonchev–Trinajstić information content (AvgIpc) is 2.72. The van der Waals surface area contributed by atoms with E-state index in [1.165, 1.54) is 0 Å². The van der Waals surface area contributed by atoms with E-state index in [0.717, 1.165) is 12.8 Å². The lowest BCUT2D eigenvalue weighted by Gasteiger charge is -2.49. The maximum absolute atomic E-state index is 14.0. The molecule has 0 saturated heterocycles. The first-order chi connectivity index (χ1) is 14.6. The topological polar surface area (TPSA) is 55.8 Å². The highest BCUT2D eigenvalue weighted by Crippen LogP contribution is 2.38. The number of rotatable bonds is 14. The molecule has 0 saturated carbocycles. The van der Waals surface area contributed by atoms with Crippen LogP contribution in [0.5, 0.6) is 0 Å². The van der Waals surface area contributed by atoms with Crippen molar-refractivity contribution < 1.29 is 17.9 Å². The smallest absolute Gasteiger partial charge is 0.244 e. The highest BCUT2D eigenvalue weighted by Gasteiger charge is 2.48. The summed E-state index contributed by atoms with van der Waals surface area (Å²) in [5, 5.41) is 0. The van der Waals surface area contributed by atoms with Crippen LogP contribution in [0.3, 0.4) is 0 Å². The fourth-order valence-electron chi connectivity index (χ4n) is 3.65. The van der Waals surface area contributed by atoms with Crippen molar-refractivity contribution in [2.24, 2.45) is 0 Å². The van der Waals surface area contributed by atoms with E-state index < -0.39 is 21.1 Å². The third kappa shape index (κ3) is 7.54. The second kappa shape index (κ2) is 11.0. The molecule has 6 heteroatoms. The van der Waals surface area contributed by atoms with Crippen molar-refractivity contribution in [2.45, 2.75) is 122 Å². The summed E-state index contributed by atoms with van der Waals surface area (Å²) in [6.45, 7) is 21.2. The minimum absolute atomic E-state index is 0.235. The van der Waals surface area contributed by atoms with E-state index in [1.807, 2.05) is 47.6 Å². The van der Waals surface area contributed by atoms with Crippen molar-refractivity contribution in [3.63, 3.8) is 0 Å². The molecule has 1 aromatic rings. The predicted octanol–water partition coefficient (Wildman–Crippen LogP) is 6.43. The third-order valence-corrected chi connectivity index (χ3v) is 9.02. The van der Waals surface area contributed by atoms with E-state index in [-0.39, 0.29) is 11.2 Å². The van der Waals surface area contributed by atoms with Gasteiger partial charge in [-0.1, -0.05) is 39.0 Å². The van der Waals surface area contributed by atoms with Gasteiger partial charge in [0.05, 0.1) is 28.2 Å². The molecule has 5 nitrogen and oxygen atoms in total. The predicted molar refractivity (Wildman–Crippen MR) is 134 cm³/mol. The fourth-order valence-corrected chi connectivity index (χ4v) is 5.86. The minimum atomic E-state index is -3.78. The first kappa shape index (κ1) is 29.1. The second-order valence-corrected chi connectivity index (χ2v) is 12.6. The Balaban J connectivity index is 3.43. The van der Waals surface area contributed by atoms with Gasteiger partial charge in [-0.15, -0.1) is 0 Å². The Bertz CT molecular complexity index is 802. The van der Waals surface area contributed by atoms with E-state index in [2.05, 4.69) is 27.7 Å². The number of sulfonamides is 1. The van der Waals surface area contributed by atoms with Crippen LogP contribution < -0.4 is 0 Å². The highest BCUT2D eigenvalue weighted by molar-refractivity contribution is 7.89. The van der Waals surface area contributed by atoms with Gasteiger partial charge in [0.1, 0.15) is 0 Å². The van der Waals surface area contributed by atoms with E-state index in [4.69, 9.17) is 9.47 Å². The Labute approximate surface area is 197 Å². The molecule has 0 aliphatic rings. The molecule has 0 N–H and O–H groups in total. The SMILES string of the molecule is CCC(C)(C)OCCC(C)(CC)N(C(C)(C)COC(C)(C)CC)S(=O)(=O)c1ccccc1. The summed E-state index contributed by atoms with van der Waals surface area (Å²) >= 11 is 0. The molecular weight excluding hydrogens is 422 g/mol. The largest absolute Gasteiger partial charge is 0.376 e. The van der Waals surface area contributed by atoms with Crippen LogP contribution in [0.1, 0.15) is 94.9 Å². The standard InChI is InChI=1S/C26H47NO4S/c1-11-24(6,7)30-20-19-26(10,13-3)27(23(4,5)21-31-25(8,9)12-2)32(28,29)22-17-15-14-16-18-22/h14-18H,11-13,19-21H2,1-10H3. The second-order valence-electron chi connectivity index (χ2n) is 10.9. The first-order valence-electron chi connectivity index (χ1n) is 12.0. The van der Waals surface area contributed by atoms with Gasteiger partial charge in [0.25, 0.3) is 0 Å². The molecule has 1 atom stereocenters. The molecule has 0 radical (unpaired) electrons. The summed E-state index contributed by atoms with van der Waals surface area (Å²) in [4.78, 5) is 0.303. The highest BCUT2D eigenvalue weighted by atomic mass is 32.2. The summed E-state index contributed by atoms with van der Waals surface area (Å²) in [6.07, 6.45) is 3.00. The Morgan fingerprint density at radius 1 is 0.781 bits per heavy atom. The van der Waals surface area contributed by atoms with Gasteiger partial charge in [-0.05, 0) is 86.3 Å². The zero-order valence-corrected chi connectivity index (χ0v) is 22.9. The van der Waals surface area contributed by atoms with Crippen LogP contribution in [0.2, 0.25) is 0 Å². The van der Waals surface area contributed by atoms with E-state index in [1.54, 1.807) is 28.6 Å². The monoisotopic (exact) mass is 469 g/mol. The molecule has 0 aromatic heterocycles. The van der Waals surface area contributed by atoms with Crippen LogP contribution >= 0.6 is 0 Å². The lowest BCUT2D eigenvalue weighted by Crippen LogP contribution is -2.61. The number of hydrogen-bond acceptors (Lipinski definition) is 4. The normalized spacial score (nSPS) is 15.7. The Morgan fingerprint density at radius 2 is 1.28 bits per heavy atom. The number of hydrogen-bond donors (Lipinski definition) is 0. The Kier molecular flexibility index (Phi) is 9.98. The molecule has 1 unspecified atom stereocenters. The minimum Gasteiger partial charge on any atom is -0.376 e. The van der Waals surface area contributed by atoms with Crippen molar-refractivity contribution in [2.75, 3.05) is 13.2 Å². The quantitative estimate of drug-likeness (QED) is 0.315. The summed E-state index contributed by atoms with van der Waals surface area (Å²) in [5.41, 5.74) is -1.95. The molecule has 186 valence electrons. The fraction of sp³-hybridized carbons (Fsp3) is 0.769. The van der Waals surface area contributed by atoms with E-state index in [9.17, 15) is 8.42 Å². The number of ether oxygens (including phenoxy) is 2. The molecule has 0 aliphatic carbocycles. The first-order valence-corrected chi connectivity index (χ1v) is 13.4. The van der Waals surface area contributed by atoms with E-state index >= 15 is 0 Å². The Morgan fingerprint density at radius 3 is 1.75 bits per heavy atom. The van der Waals surface area contributed by atoms with Gasteiger partial charge >= 0.3 is 0 Å². The zero-order valence-electron chi connectivity index (χ0n) is 22.1. The lowest BCUT2D eigenvalue weighted by atomic mass is 9.90. The maximum atomic E-state index is 14.0. The zero-order chi connectivity index (χ0) is 24.8. The molecule has 0 aliphatic heterocycles. The summed E-state index contributed by atoms with van der Waals surface area (Å²) in [5.74, 6) is 0. The summed E-state index contributed by atoms with van der Waals surface area (Å²) in [6, 6.07) is 8.71. The van der Waals surface area contributed by atoms with Crippen LogP contribution in [0.4, 0.5) is 0 Å². The maximum Gasteiger partial charge on any atom is 0.244 e. The van der Waals surface area contributed by atoms with Crippen LogP contribution in [0.25, 0.3) is 0 Å². The van der Waals surface area contributed by atoms with Crippen molar-refractivity contribution >= 4 is 10.0 Å². The molecule has 1 rings (SSSR count). The van der Waals surface area contributed by atoms with Gasteiger partial charge in [-0.25, -0.2) is 8.42 Å². The summed E-state index contributed by atoms with van der Waals surface area (Å²) in [7, 11) is -3.78. The summed E-state index contributed by atoms with van der Waals surface area (Å²) < 4.78 is 42.1. The van der Waals surface area contributed by atoms with Crippen LogP contribution in [0.15, 0.2) is 35.2 Å². The Hall–Kier alpha value is -0.950. The lowest BCUT2D eigenvalue weighted by molar-refractivity contribution is -0.0806. The number of nitrogens with zero attached hydrogens (tertiary/aromatic N) is 1. The molecule has 1 aromatic carbocycles. The van der Waals surface area contributed by atoms with Crippen LogP contribution in [0, 0.1) is 0 Å². The van der Waals surface area contributed by atoms with Crippen LogP contribution in [-0.2, 0) is 19.5 Å².